The van der Waals surface area contributed by atoms with Crippen molar-refractivity contribution in [1.82, 2.24) is 0 Å². The van der Waals surface area contributed by atoms with Gasteiger partial charge in [-0.3, -0.25) is 9.69 Å². The van der Waals surface area contributed by atoms with E-state index >= 15 is 0 Å². The van der Waals surface area contributed by atoms with Crippen molar-refractivity contribution < 1.29 is 9.59 Å². The van der Waals surface area contributed by atoms with Crippen molar-refractivity contribution in [2.75, 3.05) is 9.80 Å². The summed E-state index contributed by atoms with van der Waals surface area (Å²) in [7, 11) is 0. The van der Waals surface area contributed by atoms with E-state index in [-0.39, 0.29) is 4.99 Å². The van der Waals surface area contributed by atoms with Crippen molar-refractivity contribution in [3.05, 3.63) is 126 Å². The minimum absolute atomic E-state index is 0.204. The van der Waals surface area contributed by atoms with Gasteiger partial charge in [0.15, 0.2) is 0 Å². The summed E-state index contributed by atoms with van der Waals surface area (Å²) in [6.45, 7) is 0. The number of carbonyl (C=O) groups excluding carboxylic acids is 2. The van der Waals surface area contributed by atoms with E-state index in [2.05, 4.69) is 0 Å². The van der Waals surface area contributed by atoms with Crippen molar-refractivity contribution >= 4 is 46.1 Å². The molecule has 5 heteroatoms. The monoisotopic (exact) mass is 458 g/mol. The Balaban J connectivity index is 1.66. The first-order valence-corrected chi connectivity index (χ1v) is 11.3. The molecule has 1 heterocycles. The Bertz CT molecular complexity index is 1400. The first-order valence-electron chi connectivity index (χ1n) is 10.9. The number of nitrogens with zero attached hydrogens (tertiary/aromatic N) is 2. The van der Waals surface area contributed by atoms with Crippen LogP contribution in [0.5, 0.6) is 0 Å². The van der Waals surface area contributed by atoms with Crippen molar-refractivity contribution in [2.45, 2.75) is 0 Å². The molecule has 3 amide bonds. The molecule has 1 aliphatic heterocycles. The number of para-hydroxylation sites is 2. The number of fused-ring (bicyclic) bond motifs is 3. The number of anilines is 2. The fraction of sp³-hybridized carbons (Fsp3) is 0. The van der Waals surface area contributed by atoms with Crippen molar-refractivity contribution in [3.63, 3.8) is 0 Å². The summed E-state index contributed by atoms with van der Waals surface area (Å²) < 4.78 is 0. The molecule has 0 radical (unpaired) electrons. The Morgan fingerprint density at radius 2 is 0.882 bits per heavy atom. The first-order chi connectivity index (χ1) is 16.7. The second-order valence-electron chi connectivity index (χ2n) is 8.08. The minimum Gasteiger partial charge on any atom is -0.268 e. The second kappa shape index (κ2) is 7.90. The summed E-state index contributed by atoms with van der Waals surface area (Å²) in [6.07, 6.45) is 0. The average Bonchev–Trinajstić information content (AvgIpc) is 3.20. The molecule has 0 bridgehead atoms. The lowest BCUT2D eigenvalue weighted by Crippen LogP contribution is -2.56. The van der Waals surface area contributed by atoms with Gasteiger partial charge in [0.25, 0.3) is 5.91 Å². The SMILES string of the molecule is O=C1C(=C2c3ccccc3-c3ccccc32)C(=S)N(c2ccccc2)C(=O)N1c1ccccc1. The lowest BCUT2D eigenvalue weighted by Gasteiger charge is -2.36. The van der Waals surface area contributed by atoms with Crippen LogP contribution in [0.4, 0.5) is 16.2 Å². The number of carbonyl (C=O) groups is 2. The van der Waals surface area contributed by atoms with Crippen LogP contribution in [0.2, 0.25) is 0 Å². The van der Waals surface area contributed by atoms with Gasteiger partial charge in [0.05, 0.1) is 16.9 Å². The zero-order valence-corrected chi connectivity index (χ0v) is 18.8. The van der Waals surface area contributed by atoms with Gasteiger partial charge in [-0.25, -0.2) is 9.69 Å². The molecule has 1 aliphatic carbocycles. The van der Waals surface area contributed by atoms with E-state index in [0.29, 0.717) is 16.9 Å². The van der Waals surface area contributed by atoms with Crippen LogP contribution in [0.15, 0.2) is 115 Å². The molecule has 0 spiro atoms. The molecule has 2 aliphatic rings. The summed E-state index contributed by atoms with van der Waals surface area (Å²) >= 11 is 5.88. The molecule has 1 saturated heterocycles. The van der Waals surface area contributed by atoms with Crippen LogP contribution in [0.25, 0.3) is 16.7 Å². The number of thiocarbonyl (C=S) groups is 1. The number of hydrogen-bond acceptors (Lipinski definition) is 3. The fourth-order valence-electron chi connectivity index (χ4n) is 4.70. The van der Waals surface area contributed by atoms with E-state index in [1.807, 2.05) is 97.1 Å². The number of imide groups is 1. The Kier molecular flexibility index (Phi) is 4.71. The highest BCUT2D eigenvalue weighted by atomic mass is 32.1. The molecule has 0 unspecified atom stereocenters. The smallest absolute Gasteiger partial charge is 0.268 e. The summed E-state index contributed by atoms with van der Waals surface area (Å²) in [5.74, 6) is -0.421. The zero-order valence-electron chi connectivity index (χ0n) is 18.0. The number of benzene rings is 4. The number of amides is 3. The molecule has 6 rings (SSSR count). The van der Waals surface area contributed by atoms with Gasteiger partial charge < -0.3 is 0 Å². The van der Waals surface area contributed by atoms with E-state index < -0.39 is 11.9 Å². The van der Waals surface area contributed by atoms with Gasteiger partial charge in [-0.2, -0.15) is 0 Å². The van der Waals surface area contributed by atoms with Gasteiger partial charge in [0, 0.05) is 5.57 Å². The van der Waals surface area contributed by atoms with Gasteiger partial charge in [0.2, 0.25) is 0 Å². The van der Waals surface area contributed by atoms with Crippen LogP contribution < -0.4 is 9.80 Å². The van der Waals surface area contributed by atoms with Crippen LogP contribution in [-0.2, 0) is 4.79 Å². The standard InChI is InChI=1S/C29H18N2O2S/c32-27-26(25-23-17-9-7-15-21(23)22-16-8-10-18-24(22)25)28(34)31(20-13-5-2-6-14-20)29(33)30(27)19-11-3-1-4-12-19/h1-18H. The number of hydrogen-bond donors (Lipinski definition) is 0. The molecule has 1 fully saturated rings. The molecule has 0 atom stereocenters. The molecule has 4 aromatic rings. The third-order valence-corrected chi connectivity index (χ3v) is 6.56. The topological polar surface area (TPSA) is 40.6 Å². The van der Waals surface area contributed by atoms with Crippen molar-refractivity contribution in [3.8, 4) is 11.1 Å². The molecule has 34 heavy (non-hydrogen) atoms. The molecule has 0 saturated carbocycles. The summed E-state index contributed by atoms with van der Waals surface area (Å²) in [4.78, 5) is 30.7. The van der Waals surface area contributed by atoms with Crippen LogP contribution in [0.3, 0.4) is 0 Å². The number of urea groups is 1. The Morgan fingerprint density at radius 1 is 0.471 bits per heavy atom. The van der Waals surface area contributed by atoms with E-state index in [4.69, 9.17) is 12.2 Å². The van der Waals surface area contributed by atoms with Crippen LogP contribution >= 0.6 is 12.2 Å². The molecule has 162 valence electrons. The summed E-state index contributed by atoms with van der Waals surface area (Å²) in [5, 5.41) is 0. The lowest BCUT2D eigenvalue weighted by molar-refractivity contribution is -0.114. The van der Waals surface area contributed by atoms with Crippen LogP contribution in [-0.4, -0.2) is 16.9 Å². The highest BCUT2D eigenvalue weighted by Crippen LogP contribution is 2.47. The second-order valence-corrected chi connectivity index (χ2v) is 8.46. The van der Waals surface area contributed by atoms with Crippen molar-refractivity contribution in [1.29, 1.82) is 0 Å². The molecule has 0 aromatic heterocycles. The predicted octanol–water partition coefficient (Wildman–Crippen LogP) is 6.47. The molecular formula is C29H18N2O2S. The van der Waals surface area contributed by atoms with Gasteiger partial charge in [-0.15, -0.1) is 0 Å². The third kappa shape index (κ3) is 2.95. The Morgan fingerprint density at radius 3 is 1.38 bits per heavy atom. The number of rotatable bonds is 2. The maximum atomic E-state index is 14.1. The zero-order chi connectivity index (χ0) is 23.2. The first kappa shape index (κ1) is 20.3. The van der Waals surface area contributed by atoms with Gasteiger partial charge in [-0.1, -0.05) is 97.1 Å². The average molecular weight is 459 g/mol. The molecular weight excluding hydrogens is 440 g/mol. The Labute approximate surface area is 202 Å². The van der Waals surface area contributed by atoms with Crippen molar-refractivity contribution in [2.24, 2.45) is 0 Å². The molecule has 4 nitrogen and oxygen atoms in total. The largest absolute Gasteiger partial charge is 0.341 e. The Hall–Kier alpha value is -4.35. The van der Waals surface area contributed by atoms with E-state index in [1.54, 1.807) is 12.1 Å². The fourth-order valence-corrected chi connectivity index (χ4v) is 5.07. The molecule has 0 N–H and O–H groups in total. The highest BCUT2D eigenvalue weighted by molar-refractivity contribution is 7.81. The van der Waals surface area contributed by atoms with E-state index in [9.17, 15) is 9.59 Å². The van der Waals surface area contributed by atoms with Gasteiger partial charge in [0.1, 0.15) is 4.99 Å². The minimum atomic E-state index is -0.490. The van der Waals surface area contributed by atoms with Gasteiger partial charge >= 0.3 is 6.03 Å². The van der Waals surface area contributed by atoms with Crippen LogP contribution in [0.1, 0.15) is 11.1 Å². The predicted molar refractivity (Wildman–Crippen MR) is 139 cm³/mol. The summed E-state index contributed by atoms with van der Waals surface area (Å²) in [5.41, 5.74) is 6.18. The lowest BCUT2D eigenvalue weighted by atomic mass is 9.95. The quantitative estimate of drug-likeness (QED) is 0.225. The van der Waals surface area contributed by atoms with E-state index in [1.165, 1.54) is 9.80 Å². The van der Waals surface area contributed by atoms with Crippen LogP contribution in [0, 0.1) is 0 Å². The maximum Gasteiger partial charge on any atom is 0.341 e. The normalized spacial score (nSPS) is 15.0. The van der Waals surface area contributed by atoms with E-state index in [0.717, 1.165) is 27.8 Å². The van der Waals surface area contributed by atoms with Gasteiger partial charge in [-0.05, 0) is 46.5 Å². The third-order valence-electron chi connectivity index (χ3n) is 6.18. The summed E-state index contributed by atoms with van der Waals surface area (Å²) in [6, 6.07) is 33.7. The molecule has 4 aromatic carbocycles. The highest BCUT2D eigenvalue weighted by Gasteiger charge is 2.44. The maximum absolute atomic E-state index is 14.1.